The molecule has 0 aliphatic heterocycles. The lowest BCUT2D eigenvalue weighted by atomic mass is 10.1. The van der Waals surface area contributed by atoms with E-state index < -0.39 is 23.5 Å². The minimum Gasteiger partial charge on any atom is -0.439 e. The summed E-state index contributed by atoms with van der Waals surface area (Å²) in [6.07, 6.45) is -8.60. The van der Waals surface area contributed by atoms with Crippen molar-refractivity contribution in [2.45, 2.75) is 25.2 Å². The molecule has 0 aliphatic carbocycles. The molecule has 3 aromatic rings. The zero-order chi connectivity index (χ0) is 22.6. The molecule has 3 nitrogen and oxygen atoms in total. The Labute approximate surface area is 179 Å². The predicted molar refractivity (Wildman–Crippen MR) is 105 cm³/mol. The van der Waals surface area contributed by atoms with Crippen molar-refractivity contribution in [2.75, 3.05) is 5.75 Å². The topological polar surface area (TPSA) is 35.0 Å². The molecule has 1 heterocycles. The highest BCUT2D eigenvalue weighted by Gasteiger charge is 2.31. The number of hydrogen-bond donors (Lipinski definition) is 1. The number of hydrogen-bond acceptors (Lipinski definition) is 4. The van der Waals surface area contributed by atoms with Crippen LogP contribution in [0.15, 0.2) is 54.6 Å². The van der Waals surface area contributed by atoms with Gasteiger partial charge in [0.1, 0.15) is 11.6 Å². The molecule has 10 heteroatoms. The van der Waals surface area contributed by atoms with Gasteiger partial charge in [0.2, 0.25) is 5.88 Å². The van der Waals surface area contributed by atoms with Gasteiger partial charge in [-0.15, -0.1) is 0 Å². The molecule has 0 atom stereocenters. The van der Waals surface area contributed by atoms with Gasteiger partial charge in [0.05, 0.1) is 16.8 Å². The zero-order valence-electron chi connectivity index (χ0n) is 15.8. The molecule has 0 unspecified atom stereocenters. The van der Waals surface area contributed by atoms with Gasteiger partial charge >= 0.3 is 12.4 Å². The average molecular weight is 458 g/mol. The largest absolute Gasteiger partial charge is 0.439 e. The van der Waals surface area contributed by atoms with Crippen molar-refractivity contribution >= 4 is 12.6 Å². The molecule has 0 saturated heterocycles. The number of alkyl halides is 6. The standard InChI is InChI=1S/C21H16F6N2OS/c22-20(23,24)14-4-1-3-13(9-14)10-16-12-19(29-18(28-16)7-8-31)30-17-6-2-5-15(11-17)21(25,26)27/h1-6,9,11-12,31H,7-8,10H2. The van der Waals surface area contributed by atoms with Crippen molar-refractivity contribution in [3.05, 3.63) is 82.8 Å². The van der Waals surface area contributed by atoms with Gasteiger partial charge in [0.25, 0.3) is 0 Å². The molecule has 3 rings (SSSR count). The fraction of sp³-hybridized carbons (Fsp3) is 0.238. The van der Waals surface area contributed by atoms with Gasteiger partial charge in [-0.2, -0.15) is 44.0 Å². The number of aromatic nitrogens is 2. The third-order valence-corrected chi connectivity index (χ3v) is 4.38. The molecule has 31 heavy (non-hydrogen) atoms. The summed E-state index contributed by atoms with van der Waals surface area (Å²) in [5, 5.41) is 0. The molecule has 0 saturated carbocycles. The van der Waals surface area contributed by atoms with Gasteiger partial charge < -0.3 is 4.74 Å². The number of thiol groups is 1. The van der Waals surface area contributed by atoms with E-state index in [1.807, 2.05) is 0 Å². The molecule has 0 radical (unpaired) electrons. The average Bonchev–Trinajstić information content (AvgIpc) is 2.67. The first kappa shape index (κ1) is 22.9. The van der Waals surface area contributed by atoms with E-state index in [1.165, 1.54) is 30.3 Å². The highest BCUT2D eigenvalue weighted by Crippen LogP contribution is 2.33. The van der Waals surface area contributed by atoms with Crippen LogP contribution in [0.3, 0.4) is 0 Å². The summed E-state index contributed by atoms with van der Waals surface area (Å²) >= 11 is 4.12. The maximum atomic E-state index is 13.0. The second kappa shape index (κ2) is 9.17. The first-order valence-corrected chi connectivity index (χ1v) is 9.67. The monoisotopic (exact) mass is 458 g/mol. The Kier molecular flexibility index (Phi) is 6.78. The van der Waals surface area contributed by atoms with Gasteiger partial charge in [-0.05, 0) is 35.6 Å². The molecule has 2 aromatic carbocycles. The molecular weight excluding hydrogens is 442 g/mol. The van der Waals surface area contributed by atoms with Crippen LogP contribution >= 0.6 is 12.6 Å². The fourth-order valence-corrected chi connectivity index (χ4v) is 3.00. The number of halogens is 6. The van der Waals surface area contributed by atoms with Crippen molar-refractivity contribution in [3.63, 3.8) is 0 Å². The number of aryl methyl sites for hydroxylation is 1. The molecule has 164 valence electrons. The lowest BCUT2D eigenvalue weighted by Crippen LogP contribution is -2.07. The SMILES string of the molecule is FC(F)(F)c1cccc(Cc2cc(Oc3cccc(C(F)(F)F)c3)nc(CCS)n2)c1. The smallest absolute Gasteiger partial charge is 0.416 e. The van der Waals surface area contributed by atoms with Crippen molar-refractivity contribution in [1.82, 2.24) is 9.97 Å². The number of rotatable bonds is 6. The summed E-state index contributed by atoms with van der Waals surface area (Å²) < 4.78 is 83.2. The van der Waals surface area contributed by atoms with Gasteiger partial charge in [0, 0.05) is 18.9 Å². The summed E-state index contributed by atoms with van der Waals surface area (Å²) in [5.41, 5.74) is -0.919. The lowest BCUT2D eigenvalue weighted by Gasteiger charge is -2.12. The molecule has 0 amide bonds. The Balaban J connectivity index is 1.90. The molecule has 0 aliphatic rings. The summed E-state index contributed by atoms with van der Waals surface area (Å²) in [6.45, 7) is 0. The minimum absolute atomic E-state index is 0.00640. The van der Waals surface area contributed by atoms with Crippen LogP contribution in [-0.4, -0.2) is 15.7 Å². The Morgan fingerprint density at radius 2 is 1.45 bits per heavy atom. The van der Waals surface area contributed by atoms with E-state index in [9.17, 15) is 26.3 Å². The van der Waals surface area contributed by atoms with E-state index in [1.54, 1.807) is 0 Å². The van der Waals surface area contributed by atoms with Gasteiger partial charge in [-0.25, -0.2) is 4.98 Å². The minimum atomic E-state index is -4.53. The van der Waals surface area contributed by atoms with Crippen LogP contribution in [0.4, 0.5) is 26.3 Å². The summed E-state index contributed by atoms with van der Waals surface area (Å²) in [4.78, 5) is 8.47. The van der Waals surface area contributed by atoms with E-state index >= 15 is 0 Å². The molecule has 1 aromatic heterocycles. The Bertz CT molecular complexity index is 975. The maximum Gasteiger partial charge on any atom is 0.416 e. The van der Waals surface area contributed by atoms with Gasteiger partial charge in [0.15, 0.2) is 0 Å². The molecule has 0 spiro atoms. The molecule has 0 bridgehead atoms. The van der Waals surface area contributed by atoms with Gasteiger partial charge in [-0.1, -0.05) is 24.3 Å². The number of benzene rings is 2. The van der Waals surface area contributed by atoms with Crippen LogP contribution in [0.25, 0.3) is 0 Å². The quantitative estimate of drug-likeness (QED) is 0.344. The maximum absolute atomic E-state index is 13.0. The van der Waals surface area contributed by atoms with Crippen molar-refractivity contribution in [3.8, 4) is 11.6 Å². The van der Waals surface area contributed by atoms with Crippen LogP contribution in [0.1, 0.15) is 28.2 Å². The lowest BCUT2D eigenvalue weighted by molar-refractivity contribution is -0.138. The van der Waals surface area contributed by atoms with Crippen LogP contribution < -0.4 is 4.74 Å². The third-order valence-electron chi connectivity index (χ3n) is 4.16. The normalized spacial score (nSPS) is 12.1. The number of ether oxygens (including phenoxy) is 1. The molecular formula is C21H16F6N2OS. The van der Waals surface area contributed by atoms with Crippen LogP contribution in [0.5, 0.6) is 11.6 Å². The highest BCUT2D eigenvalue weighted by atomic mass is 32.1. The van der Waals surface area contributed by atoms with E-state index in [2.05, 4.69) is 22.6 Å². The Hall–Kier alpha value is -2.75. The van der Waals surface area contributed by atoms with E-state index in [-0.39, 0.29) is 18.1 Å². The number of nitrogens with zero attached hydrogens (tertiary/aromatic N) is 2. The van der Waals surface area contributed by atoms with E-state index in [0.29, 0.717) is 29.3 Å². The first-order chi connectivity index (χ1) is 14.5. The van der Waals surface area contributed by atoms with Crippen molar-refractivity contribution in [2.24, 2.45) is 0 Å². The van der Waals surface area contributed by atoms with E-state index in [4.69, 9.17) is 4.74 Å². The summed E-state index contributed by atoms with van der Waals surface area (Å²) in [5.74, 6) is 0.639. The predicted octanol–water partition coefficient (Wildman–Crippen LogP) is 6.37. The Morgan fingerprint density at radius 1 is 0.806 bits per heavy atom. The van der Waals surface area contributed by atoms with Crippen LogP contribution in [0.2, 0.25) is 0 Å². The zero-order valence-corrected chi connectivity index (χ0v) is 16.7. The second-order valence-electron chi connectivity index (χ2n) is 6.59. The van der Waals surface area contributed by atoms with Crippen molar-refractivity contribution < 1.29 is 31.1 Å². The summed E-state index contributed by atoms with van der Waals surface area (Å²) in [7, 11) is 0. The van der Waals surface area contributed by atoms with Crippen molar-refractivity contribution in [1.29, 1.82) is 0 Å². The second-order valence-corrected chi connectivity index (χ2v) is 7.04. The highest BCUT2D eigenvalue weighted by molar-refractivity contribution is 7.80. The Morgan fingerprint density at radius 3 is 2.10 bits per heavy atom. The molecule has 0 N–H and O–H groups in total. The molecule has 0 fully saturated rings. The summed E-state index contributed by atoms with van der Waals surface area (Å²) in [6, 6.07) is 10.5. The van der Waals surface area contributed by atoms with E-state index in [0.717, 1.165) is 24.3 Å². The first-order valence-electron chi connectivity index (χ1n) is 9.03. The third kappa shape index (κ3) is 6.36. The van der Waals surface area contributed by atoms with Gasteiger partial charge in [-0.3, -0.25) is 0 Å². The fourth-order valence-electron chi connectivity index (χ4n) is 2.80. The van der Waals surface area contributed by atoms with Crippen LogP contribution in [0, 0.1) is 0 Å². The van der Waals surface area contributed by atoms with Crippen LogP contribution in [-0.2, 0) is 25.2 Å².